The van der Waals surface area contributed by atoms with Crippen LogP contribution in [0.2, 0.25) is 0 Å². The van der Waals surface area contributed by atoms with E-state index in [9.17, 15) is 4.79 Å². The predicted octanol–water partition coefficient (Wildman–Crippen LogP) is 1.86. The minimum Gasteiger partial charge on any atom is -0.341 e. The van der Waals surface area contributed by atoms with E-state index >= 15 is 0 Å². The first-order chi connectivity index (χ1) is 7.95. The van der Waals surface area contributed by atoms with Crippen molar-refractivity contribution in [1.82, 2.24) is 4.90 Å². The summed E-state index contributed by atoms with van der Waals surface area (Å²) in [5.74, 6) is -0.00137. The van der Waals surface area contributed by atoms with E-state index in [1.165, 1.54) is 16.7 Å². The van der Waals surface area contributed by atoms with E-state index in [0.29, 0.717) is 13.1 Å². The maximum Gasteiger partial charge on any atom is 0.226 e. The number of nitrogens with two attached hydrogens (primary N) is 1. The Kier molecular flexibility index (Phi) is 4.70. The SMILES string of the molecule is Cc1ccc(C)c(CN(C)C(=O)C(C)CN)c1. The van der Waals surface area contributed by atoms with Crippen molar-refractivity contribution in [3.63, 3.8) is 0 Å². The van der Waals surface area contributed by atoms with Crippen LogP contribution in [-0.4, -0.2) is 24.4 Å². The zero-order chi connectivity index (χ0) is 13.0. The third-order valence-corrected chi connectivity index (χ3v) is 3.06. The lowest BCUT2D eigenvalue weighted by Crippen LogP contribution is -2.34. The van der Waals surface area contributed by atoms with Crippen LogP contribution in [-0.2, 0) is 11.3 Å². The van der Waals surface area contributed by atoms with Gasteiger partial charge in [0.05, 0.1) is 0 Å². The summed E-state index contributed by atoms with van der Waals surface area (Å²) in [4.78, 5) is 13.7. The monoisotopic (exact) mass is 234 g/mol. The minimum atomic E-state index is -0.106. The van der Waals surface area contributed by atoms with Gasteiger partial charge in [0, 0.05) is 26.1 Å². The van der Waals surface area contributed by atoms with Crippen LogP contribution < -0.4 is 5.73 Å². The molecule has 94 valence electrons. The molecule has 0 aliphatic rings. The first kappa shape index (κ1) is 13.7. The lowest BCUT2D eigenvalue weighted by Gasteiger charge is -2.21. The van der Waals surface area contributed by atoms with Gasteiger partial charge in [-0.3, -0.25) is 4.79 Å². The number of nitrogens with zero attached hydrogens (tertiary/aromatic N) is 1. The van der Waals surface area contributed by atoms with Crippen molar-refractivity contribution in [3.05, 3.63) is 34.9 Å². The van der Waals surface area contributed by atoms with Gasteiger partial charge in [0.25, 0.3) is 0 Å². The standard InChI is InChI=1S/C14H22N2O/c1-10-5-6-11(2)13(7-10)9-16(4)14(17)12(3)8-15/h5-7,12H,8-9,15H2,1-4H3. The van der Waals surface area contributed by atoms with Gasteiger partial charge in [0.1, 0.15) is 0 Å². The molecule has 2 N–H and O–H groups in total. The quantitative estimate of drug-likeness (QED) is 0.864. The van der Waals surface area contributed by atoms with Gasteiger partial charge in [-0.15, -0.1) is 0 Å². The molecular formula is C14H22N2O. The molecule has 1 amide bonds. The molecule has 0 aliphatic heterocycles. The molecule has 0 spiro atoms. The molecule has 1 aromatic carbocycles. The molecule has 0 aromatic heterocycles. The molecule has 0 heterocycles. The topological polar surface area (TPSA) is 46.3 Å². The van der Waals surface area contributed by atoms with Crippen LogP contribution in [0.5, 0.6) is 0 Å². The lowest BCUT2D eigenvalue weighted by atomic mass is 10.0. The van der Waals surface area contributed by atoms with Crippen molar-refractivity contribution in [3.8, 4) is 0 Å². The van der Waals surface area contributed by atoms with Crippen molar-refractivity contribution in [2.45, 2.75) is 27.3 Å². The highest BCUT2D eigenvalue weighted by atomic mass is 16.2. The molecule has 0 saturated heterocycles. The molecule has 1 rings (SSSR count). The van der Waals surface area contributed by atoms with Gasteiger partial charge in [0.2, 0.25) is 5.91 Å². The zero-order valence-electron chi connectivity index (χ0n) is 11.2. The summed E-state index contributed by atoms with van der Waals surface area (Å²) in [6.07, 6.45) is 0. The Morgan fingerprint density at radius 2 is 2.06 bits per heavy atom. The number of aryl methyl sites for hydroxylation is 2. The number of hydrogen-bond acceptors (Lipinski definition) is 2. The van der Waals surface area contributed by atoms with E-state index in [2.05, 4.69) is 32.0 Å². The van der Waals surface area contributed by atoms with Gasteiger partial charge in [-0.25, -0.2) is 0 Å². The molecule has 0 saturated carbocycles. The highest BCUT2D eigenvalue weighted by molar-refractivity contribution is 5.78. The third kappa shape index (κ3) is 3.56. The molecule has 1 atom stereocenters. The average Bonchev–Trinajstić information content (AvgIpc) is 2.31. The van der Waals surface area contributed by atoms with Crippen LogP contribution in [0.15, 0.2) is 18.2 Å². The second-order valence-corrected chi connectivity index (χ2v) is 4.76. The van der Waals surface area contributed by atoms with Gasteiger partial charge < -0.3 is 10.6 Å². The number of benzene rings is 1. The number of hydrogen-bond donors (Lipinski definition) is 1. The summed E-state index contributed by atoms with van der Waals surface area (Å²) in [6, 6.07) is 6.31. The van der Waals surface area contributed by atoms with Crippen LogP contribution in [0.4, 0.5) is 0 Å². The van der Waals surface area contributed by atoms with Crippen LogP contribution >= 0.6 is 0 Å². The van der Waals surface area contributed by atoms with E-state index in [0.717, 1.165) is 0 Å². The molecule has 0 aliphatic carbocycles. The maximum absolute atomic E-state index is 11.9. The zero-order valence-corrected chi connectivity index (χ0v) is 11.2. The highest BCUT2D eigenvalue weighted by Crippen LogP contribution is 2.13. The van der Waals surface area contributed by atoms with Crippen molar-refractivity contribution in [2.75, 3.05) is 13.6 Å². The maximum atomic E-state index is 11.9. The number of carbonyl (C=O) groups excluding carboxylic acids is 1. The third-order valence-electron chi connectivity index (χ3n) is 3.06. The summed E-state index contributed by atoms with van der Waals surface area (Å²) >= 11 is 0. The number of carbonyl (C=O) groups is 1. The summed E-state index contributed by atoms with van der Waals surface area (Å²) in [7, 11) is 1.83. The van der Waals surface area contributed by atoms with Crippen molar-refractivity contribution in [1.29, 1.82) is 0 Å². The van der Waals surface area contributed by atoms with Gasteiger partial charge in [-0.2, -0.15) is 0 Å². The first-order valence-electron chi connectivity index (χ1n) is 5.97. The molecule has 1 aromatic rings. The number of amides is 1. The summed E-state index contributed by atoms with van der Waals surface area (Å²) < 4.78 is 0. The fraction of sp³-hybridized carbons (Fsp3) is 0.500. The Morgan fingerprint density at radius 1 is 1.41 bits per heavy atom. The highest BCUT2D eigenvalue weighted by Gasteiger charge is 2.16. The lowest BCUT2D eigenvalue weighted by molar-refractivity contribution is -0.133. The molecule has 0 bridgehead atoms. The second-order valence-electron chi connectivity index (χ2n) is 4.76. The summed E-state index contributed by atoms with van der Waals surface area (Å²) in [6.45, 7) is 7.04. The van der Waals surface area contributed by atoms with Crippen molar-refractivity contribution < 1.29 is 4.79 Å². The smallest absolute Gasteiger partial charge is 0.226 e. The van der Waals surface area contributed by atoms with E-state index in [-0.39, 0.29) is 11.8 Å². The average molecular weight is 234 g/mol. The Hall–Kier alpha value is -1.35. The molecule has 0 fully saturated rings. The number of rotatable bonds is 4. The Balaban J connectivity index is 2.77. The van der Waals surface area contributed by atoms with Gasteiger partial charge >= 0.3 is 0 Å². The second kappa shape index (κ2) is 5.82. The molecule has 0 radical (unpaired) electrons. The normalized spacial score (nSPS) is 12.3. The van der Waals surface area contributed by atoms with Crippen LogP contribution in [0.3, 0.4) is 0 Å². The van der Waals surface area contributed by atoms with E-state index in [4.69, 9.17) is 5.73 Å². The van der Waals surface area contributed by atoms with Crippen LogP contribution in [0.25, 0.3) is 0 Å². The Labute approximate surface area is 104 Å². The Bertz CT molecular complexity index is 401. The summed E-state index contributed by atoms with van der Waals surface area (Å²) in [5.41, 5.74) is 9.15. The summed E-state index contributed by atoms with van der Waals surface area (Å²) in [5, 5.41) is 0. The largest absolute Gasteiger partial charge is 0.341 e. The van der Waals surface area contributed by atoms with E-state index in [1.807, 2.05) is 14.0 Å². The molecular weight excluding hydrogens is 212 g/mol. The minimum absolute atomic E-state index is 0.105. The van der Waals surface area contributed by atoms with Gasteiger partial charge in [0.15, 0.2) is 0 Å². The Morgan fingerprint density at radius 3 is 2.65 bits per heavy atom. The molecule has 3 heteroatoms. The predicted molar refractivity (Wildman–Crippen MR) is 70.6 cm³/mol. The molecule has 3 nitrogen and oxygen atoms in total. The fourth-order valence-electron chi connectivity index (χ4n) is 1.78. The fourth-order valence-corrected chi connectivity index (χ4v) is 1.78. The van der Waals surface area contributed by atoms with Gasteiger partial charge in [-0.05, 0) is 25.0 Å². The van der Waals surface area contributed by atoms with Crippen LogP contribution in [0.1, 0.15) is 23.6 Å². The van der Waals surface area contributed by atoms with Crippen molar-refractivity contribution in [2.24, 2.45) is 11.7 Å². The first-order valence-corrected chi connectivity index (χ1v) is 5.97. The molecule has 17 heavy (non-hydrogen) atoms. The molecule has 1 unspecified atom stereocenters. The van der Waals surface area contributed by atoms with Gasteiger partial charge in [-0.1, -0.05) is 30.7 Å². The van der Waals surface area contributed by atoms with Crippen molar-refractivity contribution >= 4 is 5.91 Å². The van der Waals surface area contributed by atoms with E-state index in [1.54, 1.807) is 4.90 Å². The van der Waals surface area contributed by atoms with E-state index < -0.39 is 0 Å². The van der Waals surface area contributed by atoms with Crippen LogP contribution in [0, 0.1) is 19.8 Å².